The lowest BCUT2D eigenvalue weighted by molar-refractivity contribution is 0.0723. The molecule has 0 saturated carbocycles. The average molecular weight is 381 g/mol. The predicted octanol–water partition coefficient (Wildman–Crippen LogP) is 2.53. The Labute approximate surface area is 131 Å². The second-order valence-corrected chi connectivity index (χ2v) is 6.42. The van der Waals surface area contributed by atoms with Crippen LogP contribution < -0.4 is 0 Å². The number of halogens is 1. The van der Waals surface area contributed by atoms with Gasteiger partial charge in [-0.1, -0.05) is 6.07 Å². The van der Waals surface area contributed by atoms with E-state index in [4.69, 9.17) is 0 Å². The second kappa shape index (κ2) is 5.20. The summed E-state index contributed by atoms with van der Waals surface area (Å²) in [6.07, 6.45) is 0.925. The van der Waals surface area contributed by atoms with Gasteiger partial charge in [0.15, 0.2) is 0 Å². The van der Waals surface area contributed by atoms with Gasteiger partial charge in [0.1, 0.15) is 0 Å². The molecule has 2 aromatic rings. The highest BCUT2D eigenvalue weighted by molar-refractivity contribution is 14.1. The summed E-state index contributed by atoms with van der Waals surface area (Å²) in [6.45, 7) is 3.37. The summed E-state index contributed by atoms with van der Waals surface area (Å²) in [5, 5.41) is 4.34. The largest absolute Gasteiger partial charge is 0.332 e. The quantitative estimate of drug-likeness (QED) is 0.750. The Balaban J connectivity index is 1.87. The van der Waals surface area contributed by atoms with Crippen LogP contribution in [0, 0.1) is 10.5 Å². The molecule has 5 heteroatoms. The van der Waals surface area contributed by atoms with Crippen LogP contribution in [-0.2, 0) is 20.0 Å². The van der Waals surface area contributed by atoms with Crippen molar-refractivity contribution in [3.8, 4) is 0 Å². The van der Waals surface area contributed by atoms with Gasteiger partial charge in [0.05, 0.1) is 17.9 Å². The third-order valence-corrected chi connectivity index (χ3v) is 4.36. The minimum absolute atomic E-state index is 0.128. The van der Waals surface area contributed by atoms with Gasteiger partial charge in [0.25, 0.3) is 5.91 Å². The molecule has 0 unspecified atom stereocenters. The Morgan fingerprint density at radius 2 is 2.15 bits per heavy atom. The number of hydrogen-bond acceptors (Lipinski definition) is 2. The first kappa shape index (κ1) is 13.6. The highest BCUT2D eigenvalue weighted by atomic mass is 127. The van der Waals surface area contributed by atoms with Crippen LogP contribution >= 0.6 is 22.6 Å². The molecule has 0 bridgehead atoms. The number of rotatable bonds is 2. The zero-order chi connectivity index (χ0) is 14.3. The first-order valence-corrected chi connectivity index (χ1v) is 7.69. The van der Waals surface area contributed by atoms with Crippen LogP contribution in [0.5, 0.6) is 0 Å². The van der Waals surface area contributed by atoms with Gasteiger partial charge in [-0.05, 0) is 59.7 Å². The number of benzene rings is 1. The number of nitrogens with zero attached hydrogens (tertiary/aromatic N) is 3. The van der Waals surface area contributed by atoms with E-state index in [0.717, 1.165) is 39.1 Å². The highest BCUT2D eigenvalue weighted by Gasteiger charge is 2.25. The number of amides is 1. The molecule has 0 fully saturated rings. The first-order valence-electron chi connectivity index (χ1n) is 6.62. The van der Waals surface area contributed by atoms with Crippen molar-refractivity contribution >= 4 is 28.5 Å². The summed E-state index contributed by atoms with van der Waals surface area (Å²) < 4.78 is 2.96. The van der Waals surface area contributed by atoms with Gasteiger partial charge < -0.3 is 4.90 Å². The third-order valence-electron chi connectivity index (χ3n) is 3.69. The molecule has 0 spiro atoms. The summed E-state index contributed by atoms with van der Waals surface area (Å²) in [5.41, 5.74) is 4.07. The van der Waals surface area contributed by atoms with E-state index in [-0.39, 0.29) is 5.91 Å². The van der Waals surface area contributed by atoms with Crippen molar-refractivity contribution in [3.63, 3.8) is 0 Å². The van der Waals surface area contributed by atoms with Crippen LogP contribution in [0.4, 0.5) is 0 Å². The summed E-state index contributed by atoms with van der Waals surface area (Å²) in [4.78, 5) is 14.5. The molecule has 1 aromatic carbocycles. The van der Waals surface area contributed by atoms with Crippen LogP contribution in [0.25, 0.3) is 0 Å². The lowest BCUT2D eigenvalue weighted by Gasteiger charge is -2.28. The minimum atomic E-state index is 0.128. The third kappa shape index (κ3) is 2.46. The Bertz CT molecular complexity index is 678. The van der Waals surface area contributed by atoms with Crippen LogP contribution in [0.2, 0.25) is 0 Å². The molecule has 1 aliphatic rings. The van der Waals surface area contributed by atoms with Crippen LogP contribution in [0.1, 0.15) is 27.3 Å². The first-order chi connectivity index (χ1) is 9.54. The molecule has 1 aromatic heterocycles. The van der Waals surface area contributed by atoms with Crippen molar-refractivity contribution in [2.45, 2.75) is 19.9 Å². The van der Waals surface area contributed by atoms with E-state index in [1.807, 2.05) is 35.7 Å². The number of carbonyl (C=O) groups is 1. The van der Waals surface area contributed by atoms with E-state index in [1.54, 1.807) is 0 Å². The Morgan fingerprint density at radius 3 is 2.85 bits per heavy atom. The number of aromatic nitrogens is 2. The molecule has 104 valence electrons. The number of fused-ring (bicyclic) bond motifs is 1. The van der Waals surface area contributed by atoms with Crippen LogP contribution in [0.15, 0.2) is 24.3 Å². The van der Waals surface area contributed by atoms with Gasteiger partial charge in [0, 0.05) is 22.7 Å². The normalized spacial score (nSPS) is 14.6. The summed E-state index contributed by atoms with van der Waals surface area (Å²) in [6, 6.07) is 8.16. The average Bonchev–Trinajstić information content (AvgIpc) is 2.72. The van der Waals surface area contributed by atoms with Crippen molar-refractivity contribution in [2.75, 3.05) is 6.54 Å². The second-order valence-electron chi connectivity index (χ2n) is 5.18. The van der Waals surface area contributed by atoms with E-state index >= 15 is 0 Å². The molecule has 1 aliphatic heterocycles. The predicted molar refractivity (Wildman–Crippen MR) is 85.5 cm³/mol. The Morgan fingerprint density at radius 1 is 1.35 bits per heavy atom. The molecule has 3 rings (SSSR count). The van der Waals surface area contributed by atoms with Gasteiger partial charge in [-0.2, -0.15) is 5.10 Å². The fourth-order valence-corrected chi connectivity index (χ4v) is 3.14. The van der Waals surface area contributed by atoms with E-state index in [2.05, 4.69) is 39.8 Å². The lowest BCUT2D eigenvalue weighted by atomic mass is 9.99. The van der Waals surface area contributed by atoms with Gasteiger partial charge in [0.2, 0.25) is 0 Å². The molecular weight excluding hydrogens is 365 g/mol. The topological polar surface area (TPSA) is 38.1 Å². The zero-order valence-corrected chi connectivity index (χ0v) is 13.7. The molecule has 0 aliphatic carbocycles. The summed E-state index contributed by atoms with van der Waals surface area (Å²) in [7, 11) is 1.92. The smallest absolute Gasteiger partial charge is 0.254 e. The van der Waals surface area contributed by atoms with Gasteiger partial charge >= 0.3 is 0 Å². The fourth-order valence-electron chi connectivity index (χ4n) is 2.65. The standard InChI is InChI=1S/C15H16IN3O/c1-10-7-13(18(2)17-10)9-19-6-5-11-3-4-12(16)8-14(11)15(19)20/h3-4,7-8H,5-6,9H2,1-2H3. The number of carbonyl (C=O) groups excluding carboxylic acids is 1. The molecular formula is C15H16IN3O. The molecule has 1 amide bonds. The molecule has 0 atom stereocenters. The molecule has 0 saturated heterocycles. The highest BCUT2D eigenvalue weighted by Crippen LogP contribution is 2.22. The van der Waals surface area contributed by atoms with Gasteiger partial charge in [-0.15, -0.1) is 0 Å². The maximum absolute atomic E-state index is 12.6. The number of hydrogen-bond donors (Lipinski definition) is 0. The van der Waals surface area contributed by atoms with E-state index in [1.165, 1.54) is 0 Å². The molecule has 0 radical (unpaired) electrons. The summed E-state index contributed by atoms with van der Waals surface area (Å²) in [5.74, 6) is 0.128. The van der Waals surface area contributed by atoms with Crippen LogP contribution in [0.3, 0.4) is 0 Å². The van der Waals surface area contributed by atoms with E-state index in [9.17, 15) is 4.79 Å². The van der Waals surface area contributed by atoms with Crippen molar-refractivity contribution in [3.05, 3.63) is 50.4 Å². The maximum atomic E-state index is 12.6. The van der Waals surface area contributed by atoms with Crippen molar-refractivity contribution in [1.29, 1.82) is 0 Å². The molecule has 20 heavy (non-hydrogen) atoms. The zero-order valence-electron chi connectivity index (χ0n) is 11.6. The Kier molecular flexibility index (Phi) is 3.54. The van der Waals surface area contributed by atoms with Crippen molar-refractivity contribution < 1.29 is 4.79 Å². The van der Waals surface area contributed by atoms with Crippen molar-refractivity contribution in [1.82, 2.24) is 14.7 Å². The lowest BCUT2D eigenvalue weighted by Crippen LogP contribution is -2.37. The van der Waals surface area contributed by atoms with Crippen molar-refractivity contribution in [2.24, 2.45) is 7.05 Å². The molecule has 4 nitrogen and oxygen atoms in total. The number of aryl methyl sites for hydroxylation is 2. The van der Waals surface area contributed by atoms with Crippen LogP contribution in [-0.4, -0.2) is 27.1 Å². The molecule has 0 N–H and O–H groups in total. The fraction of sp³-hybridized carbons (Fsp3) is 0.333. The van der Waals surface area contributed by atoms with Gasteiger partial charge in [-0.25, -0.2) is 0 Å². The summed E-state index contributed by atoms with van der Waals surface area (Å²) >= 11 is 2.25. The Hall–Kier alpha value is -1.37. The SMILES string of the molecule is Cc1cc(CN2CCc3ccc(I)cc3C2=O)n(C)n1. The maximum Gasteiger partial charge on any atom is 0.254 e. The minimum Gasteiger partial charge on any atom is -0.332 e. The van der Waals surface area contributed by atoms with E-state index in [0.29, 0.717) is 6.54 Å². The molecule has 2 heterocycles. The van der Waals surface area contributed by atoms with E-state index < -0.39 is 0 Å². The monoisotopic (exact) mass is 381 g/mol. The van der Waals surface area contributed by atoms with Gasteiger partial charge in [-0.3, -0.25) is 9.48 Å².